The Morgan fingerprint density at radius 3 is 2.14 bits per heavy atom. The number of nitrogens with one attached hydrogen (secondary N) is 5. The van der Waals surface area contributed by atoms with E-state index in [1.165, 1.54) is 5.56 Å². The normalized spacial score (nSPS) is 16.4. The molecule has 1 aromatic heterocycles. The Labute approximate surface area is 346 Å². The second-order valence-electron chi connectivity index (χ2n) is 15.3. The van der Waals surface area contributed by atoms with E-state index in [2.05, 4.69) is 63.4 Å². The van der Waals surface area contributed by atoms with Crippen molar-refractivity contribution in [3.63, 3.8) is 0 Å². The molecule has 6 N–H and O–H groups in total. The van der Waals surface area contributed by atoms with Crippen molar-refractivity contribution in [1.29, 1.82) is 0 Å². The average Bonchev–Trinajstić information content (AvgIpc) is 3.17. The number of unbranched alkanes of at least 4 members (excludes halogenated alkanes) is 1. The third kappa shape index (κ3) is 14.2. The van der Waals surface area contributed by atoms with Gasteiger partial charge >= 0.3 is 12.1 Å². The summed E-state index contributed by atoms with van der Waals surface area (Å²) in [5.74, 6) is -0.522. The molecule has 0 spiro atoms. The van der Waals surface area contributed by atoms with Crippen molar-refractivity contribution in [1.82, 2.24) is 41.4 Å². The predicted octanol–water partition coefficient (Wildman–Crippen LogP) is 4.32. The van der Waals surface area contributed by atoms with Crippen molar-refractivity contribution in [3.05, 3.63) is 56.7 Å². The van der Waals surface area contributed by atoms with Crippen LogP contribution in [0.5, 0.6) is 5.75 Å². The SMILES string of the molecule is CNC(=O)CNC1CCN(C(=O)N[C@H](Cc2cc(Br)c(O)c(Br)c2)C(=O)N[C@@H](CCCCNC(=O)OC(C)(C)C)C(=O)N2CCC(c3ccncc3)CC2)CC1. The van der Waals surface area contributed by atoms with Crippen LogP contribution in [-0.4, -0.2) is 120 Å². The number of hydrogen-bond acceptors (Lipinski definition) is 9. The fourth-order valence-electron chi connectivity index (χ4n) is 6.83. The number of halogens is 2. The Balaban J connectivity index is 1.47. The van der Waals surface area contributed by atoms with Gasteiger partial charge in [-0.2, -0.15) is 0 Å². The largest absolute Gasteiger partial charge is 0.506 e. The Morgan fingerprint density at radius 2 is 1.54 bits per heavy atom. The number of phenolic OH excluding ortho intramolecular Hbond substituents is 1. The van der Waals surface area contributed by atoms with Crippen molar-refractivity contribution in [2.24, 2.45) is 0 Å². The molecule has 0 radical (unpaired) electrons. The second-order valence-corrected chi connectivity index (χ2v) is 17.0. The van der Waals surface area contributed by atoms with E-state index in [9.17, 15) is 29.1 Å². The highest BCUT2D eigenvalue weighted by atomic mass is 79.9. The number of aromatic hydroxyl groups is 1. The van der Waals surface area contributed by atoms with Crippen LogP contribution in [0, 0.1) is 0 Å². The smallest absolute Gasteiger partial charge is 0.407 e. The monoisotopic (exact) mass is 906 g/mol. The Morgan fingerprint density at radius 1 is 0.911 bits per heavy atom. The first-order valence-electron chi connectivity index (χ1n) is 19.3. The molecule has 0 bridgehead atoms. The first kappa shape index (κ1) is 44.8. The maximum atomic E-state index is 14.3. The number of piperidine rings is 2. The van der Waals surface area contributed by atoms with Crippen molar-refractivity contribution in [2.45, 2.75) is 102 Å². The van der Waals surface area contributed by atoms with Gasteiger partial charge in [-0.05, 0) is 139 Å². The number of carbonyl (C=O) groups excluding carboxylic acids is 5. The molecule has 17 heteroatoms. The van der Waals surface area contributed by atoms with Crippen LogP contribution < -0.4 is 26.6 Å². The van der Waals surface area contributed by atoms with E-state index in [4.69, 9.17) is 4.74 Å². The molecule has 2 saturated heterocycles. The minimum atomic E-state index is -1.06. The summed E-state index contributed by atoms with van der Waals surface area (Å²) in [6, 6.07) is 5.10. The maximum Gasteiger partial charge on any atom is 0.407 e. The van der Waals surface area contributed by atoms with Gasteiger partial charge in [0.1, 0.15) is 23.4 Å². The lowest BCUT2D eigenvalue weighted by Gasteiger charge is -2.35. The van der Waals surface area contributed by atoms with E-state index in [-0.39, 0.29) is 36.6 Å². The Hall–Kier alpha value is -3.96. The highest BCUT2D eigenvalue weighted by Crippen LogP contribution is 2.34. The molecule has 2 fully saturated rings. The molecule has 2 aromatic rings. The number of amides is 6. The molecule has 2 aliphatic rings. The summed E-state index contributed by atoms with van der Waals surface area (Å²) in [6.45, 7) is 7.81. The van der Waals surface area contributed by atoms with E-state index < -0.39 is 35.7 Å². The molecule has 4 rings (SSSR count). The number of hydrogen-bond donors (Lipinski definition) is 6. The van der Waals surface area contributed by atoms with Gasteiger partial charge in [-0.3, -0.25) is 19.4 Å². The molecule has 2 atom stereocenters. The number of urea groups is 1. The summed E-state index contributed by atoms with van der Waals surface area (Å²) in [5, 5.41) is 24.8. The van der Waals surface area contributed by atoms with E-state index in [0.717, 1.165) is 12.8 Å². The third-order valence-electron chi connectivity index (χ3n) is 9.93. The van der Waals surface area contributed by atoms with Gasteiger partial charge in [-0.25, -0.2) is 9.59 Å². The van der Waals surface area contributed by atoms with Crippen molar-refractivity contribution in [3.8, 4) is 5.75 Å². The minimum Gasteiger partial charge on any atom is -0.506 e. The van der Waals surface area contributed by atoms with Crippen molar-refractivity contribution in [2.75, 3.05) is 46.3 Å². The predicted molar refractivity (Wildman–Crippen MR) is 219 cm³/mol. The van der Waals surface area contributed by atoms with Gasteiger partial charge in [0, 0.05) is 64.6 Å². The first-order valence-corrected chi connectivity index (χ1v) is 20.8. The molecule has 308 valence electrons. The molecule has 0 saturated carbocycles. The molecule has 56 heavy (non-hydrogen) atoms. The van der Waals surface area contributed by atoms with Crippen LogP contribution in [0.3, 0.4) is 0 Å². The second kappa shape index (κ2) is 21.5. The number of benzene rings is 1. The van der Waals surface area contributed by atoms with Crippen molar-refractivity contribution < 1.29 is 33.8 Å². The molecular formula is C39H56Br2N8O7. The average molecular weight is 909 g/mol. The first-order chi connectivity index (χ1) is 26.6. The highest BCUT2D eigenvalue weighted by molar-refractivity contribution is 9.11. The van der Waals surface area contributed by atoms with Crippen LogP contribution in [0.25, 0.3) is 0 Å². The van der Waals surface area contributed by atoms with Gasteiger partial charge in [0.15, 0.2) is 0 Å². The zero-order valence-corrected chi connectivity index (χ0v) is 35.8. The summed E-state index contributed by atoms with van der Waals surface area (Å²) < 4.78 is 6.17. The maximum absolute atomic E-state index is 14.3. The lowest BCUT2D eigenvalue weighted by molar-refractivity contribution is -0.138. The lowest BCUT2D eigenvalue weighted by atomic mass is 9.89. The van der Waals surface area contributed by atoms with Crippen LogP contribution >= 0.6 is 31.9 Å². The minimum absolute atomic E-state index is 0.00575. The van der Waals surface area contributed by atoms with Crippen LogP contribution in [0.4, 0.5) is 9.59 Å². The number of rotatable bonds is 15. The molecule has 1 aromatic carbocycles. The quantitative estimate of drug-likeness (QED) is 0.141. The molecule has 15 nitrogen and oxygen atoms in total. The molecule has 0 unspecified atom stereocenters. The standard InChI is InChI=1S/C39H56Br2N8O7/c1-39(2,3)56-38(55)44-14-6-5-7-31(36(53)48-17-10-27(11-18-48)26-8-15-43-16-9-26)46-35(52)32(23-25-21-29(40)34(51)30(41)22-25)47-37(54)49-19-12-28(13-20-49)45-24-33(50)42-4/h8-9,15-16,21-22,27-28,31-32,45,51H,5-7,10-14,17-20,23-24H2,1-4H3,(H,42,50)(H,44,55)(H,46,52)(H,47,54)/t31-,32+/m0/s1. The lowest BCUT2D eigenvalue weighted by Crippen LogP contribution is -2.58. The number of aromatic nitrogens is 1. The zero-order valence-electron chi connectivity index (χ0n) is 32.7. The van der Waals surface area contributed by atoms with Gasteiger partial charge in [-0.15, -0.1) is 0 Å². The summed E-state index contributed by atoms with van der Waals surface area (Å²) in [5.41, 5.74) is 1.22. The van der Waals surface area contributed by atoms with Gasteiger partial charge < -0.3 is 46.2 Å². The summed E-state index contributed by atoms with van der Waals surface area (Å²) in [4.78, 5) is 73.6. The molecule has 6 amide bonds. The fraction of sp³-hybridized carbons (Fsp3) is 0.590. The number of pyridine rings is 1. The van der Waals surface area contributed by atoms with Gasteiger partial charge in [0.25, 0.3) is 0 Å². The number of ether oxygens (including phenoxy) is 1. The summed E-state index contributed by atoms with van der Waals surface area (Å²) >= 11 is 6.72. The highest BCUT2D eigenvalue weighted by Gasteiger charge is 2.33. The molecule has 2 aliphatic heterocycles. The molecule has 0 aliphatic carbocycles. The Bertz CT molecular complexity index is 1620. The van der Waals surface area contributed by atoms with Gasteiger partial charge in [0.05, 0.1) is 15.5 Å². The van der Waals surface area contributed by atoms with Gasteiger partial charge in [-0.1, -0.05) is 0 Å². The van der Waals surface area contributed by atoms with E-state index >= 15 is 0 Å². The topological polar surface area (TPSA) is 194 Å². The number of nitrogens with zero attached hydrogens (tertiary/aromatic N) is 3. The number of likely N-dealkylation sites (tertiary alicyclic amines) is 2. The summed E-state index contributed by atoms with van der Waals surface area (Å²) in [7, 11) is 1.58. The van der Waals surface area contributed by atoms with E-state index in [0.29, 0.717) is 85.3 Å². The number of carbonyl (C=O) groups is 5. The van der Waals surface area contributed by atoms with E-state index in [1.807, 2.05) is 12.1 Å². The summed E-state index contributed by atoms with van der Waals surface area (Å²) in [6.07, 6.45) is 7.32. The Kier molecular flexibility index (Phi) is 17.2. The van der Waals surface area contributed by atoms with Crippen molar-refractivity contribution >= 4 is 61.7 Å². The van der Waals surface area contributed by atoms with E-state index in [1.54, 1.807) is 62.1 Å². The van der Waals surface area contributed by atoms with Crippen LogP contribution in [0.15, 0.2) is 45.6 Å². The molecule has 3 heterocycles. The van der Waals surface area contributed by atoms with Gasteiger partial charge in [0.2, 0.25) is 17.7 Å². The third-order valence-corrected chi connectivity index (χ3v) is 11.1. The zero-order chi connectivity index (χ0) is 40.8. The number of likely N-dealkylation sites (N-methyl/N-ethyl adjacent to an activating group) is 1. The molecular weight excluding hydrogens is 852 g/mol. The van der Waals surface area contributed by atoms with Crippen LogP contribution in [0.1, 0.15) is 82.8 Å². The van der Waals surface area contributed by atoms with Crippen LogP contribution in [0.2, 0.25) is 0 Å². The fourth-order valence-corrected chi connectivity index (χ4v) is 8.11. The number of alkyl carbamates (subject to hydrolysis) is 1. The number of phenols is 1. The van der Waals surface area contributed by atoms with Crippen LogP contribution in [-0.2, 0) is 25.5 Å².